The van der Waals surface area contributed by atoms with Crippen molar-refractivity contribution in [3.8, 4) is 0 Å². The molecular weight excluding hydrogens is 310 g/mol. The number of pyridine rings is 1. The summed E-state index contributed by atoms with van der Waals surface area (Å²) in [6, 6.07) is 4.38. The highest BCUT2D eigenvalue weighted by Gasteiger charge is 2.05. The van der Waals surface area contributed by atoms with Crippen LogP contribution in [0, 0.1) is 0 Å². The highest BCUT2D eigenvalue weighted by molar-refractivity contribution is 6.29. The SMILES string of the molecule is CCNC(=NCCN(CC)C(C)C)NCCc1ccc(Cl)nc1. The van der Waals surface area contributed by atoms with Gasteiger partial charge in [0.2, 0.25) is 0 Å². The normalized spacial score (nSPS) is 12.0. The smallest absolute Gasteiger partial charge is 0.191 e. The van der Waals surface area contributed by atoms with E-state index in [-0.39, 0.29) is 0 Å². The Hall–Kier alpha value is -1.33. The Morgan fingerprint density at radius 1 is 1.30 bits per heavy atom. The second kappa shape index (κ2) is 11.2. The van der Waals surface area contributed by atoms with Crippen LogP contribution in [-0.4, -0.2) is 54.6 Å². The molecule has 0 bridgehead atoms. The van der Waals surface area contributed by atoms with E-state index in [1.807, 2.05) is 18.3 Å². The molecule has 0 radical (unpaired) electrons. The van der Waals surface area contributed by atoms with Crippen molar-refractivity contribution in [1.82, 2.24) is 20.5 Å². The van der Waals surface area contributed by atoms with E-state index in [4.69, 9.17) is 11.6 Å². The molecule has 0 unspecified atom stereocenters. The summed E-state index contributed by atoms with van der Waals surface area (Å²) in [6.07, 6.45) is 2.71. The molecule has 0 spiro atoms. The van der Waals surface area contributed by atoms with Gasteiger partial charge in [0, 0.05) is 31.9 Å². The quantitative estimate of drug-likeness (QED) is 0.412. The Morgan fingerprint density at radius 2 is 2.09 bits per heavy atom. The Labute approximate surface area is 145 Å². The second-order valence-corrected chi connectivity index (χ2v) is 6.04. The van der Waals surface area contributed by atoms with E-state index in [0.717, 1.165) is 50.7 Å². The summed E-state index contributed by atoms with van der Waals surface area (Å²) in [4.78, 5) is 11.1. The van der Waals surface area contributed by atoms with E-state index < -0.39 is 0 Å². The number of hydrogen-bond acceptors (Lipinski definition) is 3. The van der Waals surface area contributed by atoms with Gasteiger partial charge in [-0.25, -0.2) is 4.98 Å². The lowest BCUT2D eigenvalue weighted by molar-refractivity contribution is 0.240. The van der Waals surface area contributed by atoms with Crippen molar-refractivity contribution in [3.63, 3.8) is 0 Å². The first-order valence-electron chi connectivity index (χ1n) is 8.43. The zero-order valence-corrected chi connectivity index (χ0v) is 15.5. The molecule has 0 saturated heterocycles. The van der Waals surface area contributed by atoms with Gasteiger partial charge in [-0.1, -0.05) is 24.6 Å². The number of hydrogen-bond donors (Lipinski definition) is 2. The summed E-state index contributed by atoms with van der Waals surface area (Å²) in [5.74, 6) is 0.870. The largest absolute Gasteiger partial charge is 0.357 e. The third-order valence-corrected chi connectivity index (χ3v) is 3.86. The Morgan fingerprint density at radius 3 is 2.65 bits per heavy atom. The number of nitrogens with one attached hydrogen (secondary N) is 2. The van der Waals surface area contributed by atoms with E-state index in [2.05, 4.69) is 53.2 Å². The minimum absolute atomic E-state index is 0.530. The molecule has 0 aliphatic rings. The van der Waals surface area contributed by atoms with Crippen LogP contribution < -0.4 is 10.6 Å². The van der Waals surface area contributed by atoms with Gasteiger partial charge in [-0.2, -0.15) is 0 Å². The summed E-state index contributed by atoms with van der Waals surface area (Å²) >= 11 is 5.79. The fourth-order valence-corrected chi connectivity index (χ4v) is 2.40. The zero-order chi connectivity index (χ0) is 17.1. The monoisotopic (exact) mass is 339 g/mol. The number of rotatable bonds is 9. The van der Waals surface area contributed by atoms with Gasteiger partial charge in [-0.3, -0.25) is 9.89 Å². The Kier molecular flexibility index (Phi) is 9.64. The van der Waals surface area contributed by atoms with Gasteiger partial charge in [0.05, 0.1) is 6.54 Å². The molecule has 1 aromatic heterocycles. The van der Waals surface area contributed by atoms with Gasteiger partial charge in [-0.15, -0.1) is 0 Å². The molecule has 0 fully saturated rings. The van der Waals surface area contributed by atoms with Crippen molar-refractivity contribution in [2.75, 3.05) is 32.7 Å². The minimum Gasteiger partial charge on any atom is -0.357 e. The minimum atomic E-state index is 0.530. The molecule has 2 N–H and O–H groups in total. The van der Waals surface area contributed by atoms with Crippen molar-refractivity contribution in [3.05, 3.63) is 29.0 Å². The predicted molar refractivity (Wildman–Crippen MR) is 99.3 cm³/mol. The number of likely N-dealkylation sites (N-methyl/N-ethyl adjacent to an activating group) is 1. The van der Waals surface area contributed by atoms with Gasteiger partial charge in [0.1, 0.15) is 5.15 Å². The molecule has 130 valence electrons. The summed E-state index contributed by atoms with van der Waals surface area (Å²) in [6.45, 7) is 13.2. The lowest BCUT2D eigenvalue weighted by atomic mass is 10.2. The maximum Gasteiger partial charge on any atom is 0.191 e. The second-order valence-electron chi connectivity index (χ2n) is 5.65. The Bertz CT molecular complexity index is 459. The third kappa shape index (κ3) is 8.18. The van der Waals surface area contributed by atoms with Crippen LogP contribution in [0.25, 0.3) is 0 Å². The topological polar surface area (TPSA) is 52.6 Å². The van der Waals surface area contributed by atoms with Crippen LogP contribution in [0.3, 0.4) is 0 Å². The number of aliphatic imine (C=N–C) groups is 1. The van der Waals surface area contributed by atoms with Crippen LogP contribution in [0.4, 0.5) is 0 Å². The van der Waals surface area contributed by atoms with Crippen molar-refractivity contribution in [2.45, 2.75) is 40.2 Å². The first kappa shape index (κ1) is 19.7. The third-order valence-electron chi connectivity index (χ3n) is 3.63. The van der Waals surface area contributed by atoms with Crippen molar-refractivity contribution >= 4 is 17.6 Å². The highest BCUT2D eigenvalue weighted by Crippen LogP contribution is 2.05. The highest BCUT2D eigenvalue weighted by atomic mass is 35.5. The fraction of sp³-hybridized carbons (Fsp3) is 0.647. The van der Waals surface area contributed by atoms with Gasteiger partial charge in [0.25, 0.3) is 0 Å². The maximum absolute atomic E-state index is 5.79. The fourth-order valence-electron chi connectivity index (χ4n) is 2.29. The molecule has 23 heavy (non-hydrogen) atoms. The molecule has 1 rings (SSSR count). The van der Waals surface area contributed by atoms with Crippen LogP contribution in [0.15, 0.2) is 23.3 Å². The molecular formula is C17H30ClN5. The van der Waals surface area contributed by atoms with E-state index >= 15 is 0 Å². The zero-order valence-electron chi connectivity index (χ0n) is 14.8. The van der Waals surface area contributed by atoms with Crippen LogP contribution in [0.5, 0.6) is 0 Å². The van der Waals surface area contributed by atoms with Crippen molar-refractivity contribution in [1.29, 1.82) is 0 Å². The molecule has 6 heteroatoms. The van der Waals surface area contributed by atoms with E-state index in [0.29, 0.717) is 11.2 Å². The molecule has 0 aromatic carbocycles. The average Bonchev–Trinajstić information content (AvgIpc) is 2.53. The first-order chi connectivity index (χ1) is 11.1. The maximum atomic E-state index is 5.79. The number of halogens is 1. The Balaban J connectivity index is 2.41. The van der Waals surface area contributed by atoms with Crippen LogP contribution in [0.1, 0.15) is 33.3 Å². The average molecular weight is 340 g/mol. The molecule has 0 aliphatic heterocycles. The van der Waals surface area contributed by atoms with Gasteiger partial charge in [-0.05, 0) is 45.4 Å². The lowest BCUT2D eigenvalue weighted by Gasteiger charge is -2.23. The first-order valence-corrected chi connectivity index (χ1v) is 8.81. The van der Waals surface area contributed by atoms with E-state index in [1.165, 1.54) is 0 Å². The standard InChI is InChI=1S/C17H30ClN5/c1-5-19-17(21-11-12-23(6-2)14(3)4)20-10-9-15-7-8-16(18)22-13-15/h7-8,13-14H,5-6,9-12H2,1-4H3,(H2,19,20,21). The van der Waals surface area contributed by atoms with E-state index in [1.54, 1.807) is 0 Å². The molecule has 0 aliphatic carbocycles. The van der Waals surface area contributed by atoms with Crippen LogP contribution >= 0.6 is 11.6 Å². The summed E-state index contributed by atoms with van der Waals surface area (Å²) in [7, 11) is 0. The van der Waals surface area contributed by atoms with Crippen molar-refractivity contribution < 1.29 is 0 Å². The van der Waals surface area contributed by atoms with Crippen LogP contribution in [0.2, 0.25) is 5.15 Å². The molecule has 0 amide bonds. The number of guanidine groups is 1. The molecule has 5 nitrogen and oxygen atoms in total. The molecule has 0 atom stereocenters. The lowest BCUT2D eigenvalue weighted by Crippen LogP contribution is -2.39. The van der Waals surface area contributed by atoms with Crippen LogP contribution in [-0.2, 0) is 6.42 Å². The van der Waals surface area contributed by atoms with E-state index in [9.17, 15) is 0 Å². The predicted octanol–water partition coefficient (Wildman–Crippen LogP) is 2.56. The van der Waals surface area contributed by atoms with Gasteiger partial charge < -0.3 is 10.6 Å². The molecule has 1 aromatic rings. The molecule has 0 saturated carbocycles. The van der Waals surface area contributed by atoms with Gasteiger partial charge >= 0.3 is 0 Å². The summed E-state index contributed by atoms with van der Waals surface area (Å²) in [5, 5.41) is 7.18. The van der Waals surface area contributed by atoms with Crippen molar-refractivity contribution in [2.24, 2.45) is 4.99 Å². The molecule has 1 heterocycles. The number of aromatic nitrogens is 1. The van der Waals surface area contributed by atoms with Gasteiger partial charge in [0.15, 0.2) is 5.96 Å². The summed E-state index contributed by atoms with van der Waals surface area (Å²) in [5.41, 5.74) is 1.16. The number of nitrogens with zero attached hydrogens (tertiary/aromatic N) is 3. The summed E-state index contributed by atoms with van der Waals surface area (Å²) < 4.78 is 0.